The Hall–Kier alpha value is -1.84. The zero-order chi connectivity index (χ0) is 14.7. The van der Waals surface area contributed by atoms with Crippen LogP contribution < -0.4 is 0 Å². The number of hydrogen-bond acceptors (Lipinski definition) is 3. The third-order valence-electron chi connectivity index (χ3n) is 3.70. The molecule has 1 aliphatic carbocycles. The number of halogens is 1. The third-order valence-corrected chi connectivity index (χ3v) is 3.70. The van der Waals surface area contributed by atoms with Crippen LogP contribution in [0.4, 0.5) is 4.39 Å². The van der Waals surface area contributed by atoms with E-state index in [1.807, 2.05) is 6.92 Å². The van der Waals surface area contributed by atoms with Crippen molar-refractivity contribution < 1.29 is 18.8 Å². The van der Waals surface area contributed by atoms with Gasteiger partial charge < -0.3 is 0 Å². The maximum absolute atomic E-state index is 12.9. The molecule has 1 aromatic carbocycles. The number of ketones is 3. The number of hydrogen-bond donors (Lipinski definition) is 0. The number of carbonyl (C=O) groups is 3. The van der Waals surface area contributed by atoms with Crippen molar-refractivity contribution in [1.82, 2.24) is 0 Å². The molecular formula is C16H17FO3. The topological polar surface area (TPSA) is 51.2 Å². The first-order valence-electron chi connectivity index (χ1n) is 6.86. The molecule has 0 aromatic heterocycles. The van der Waals surface area contributed by atoms with Gasteiger partial charge in [0.25, 0.3) is 0 Å². The van der Waals surface area contributed by atoms with E-state index in [0.29, 0.717) is 6.42 Å². The molecule has 0 saturated heterocycles. The summed E-state index contributed by atoms with van der Waals surface area (Å²) in [5, 5.41) is 0. The molecule has 3 nitrogen and oxygen atoms in total. The van der Waals surface area contributed by atoms with Gasteiger partial charge in [-0.15, -0.1) is 0 Å². The highest BCUT2D eigenvalue weighted by molar-refractivity contribution is 6.20. The molecule has 0 amide bonds. The summed E-state index contributed by atoms with van der Waals surface area (Å²) in [5.41, 5.74) is 0.773. The van der Waals surface area contributed by atoms with Gasteiger partial charge in [0, 0.05) is 19.3 Å². The van der Waals surface area contributed by atoms with Crippen molar-refractivity contribution in [2.24, 2.45) is 5.92 Å². The Balaban J connectivity index is 2.13. The fraction of sp³-hybridized carbons (Fsp3) is 0.438. The van der Waals surface area contributed by atoms with Gasteiger partial charge in [0.2, 0.25) is 0 Å². The van der Waals surface area contributed by atoms with E-state index in [2.05, 4.69) is 0 Å². The van der Waals surface area contributed by atoms with E-state index >= 15 is 0 Å². The predicted octanol–water partition coefficient (Wildman–Crippen LogP) is 2.83. The predicted molar refractivity (Wildman–Crippen MR) is 71.8 cm³/mol. The van der Waals surface area contributed by atoms with E-state index in [9.17, 15) is 18.8 Å². The molecule has 1 aromatic rings. The second kappa shape index (κ2) is 6.07. The van der Waals surface area contributed by atoms with Gasteiger partial charge in [0.15, 0.2) is 17.3 Å². The Morgan fingerprint density at radius 3 is 2.20 bits per heavy atom. The van der Waals surface area contributed by atoms with Crippen molar-refractivity contribution >= 4 is 17.3 Å². The van der Waals surface area contributed by atoms with Gasteiger partial charge in [-0.3, -0.25) is 14.4 Å². The molecule has 0 radical (unpaired) electrons. The normalized spacial score (nSPS) is 22.9. The minimum atomic E-state index is -1.06. The van der Waals surface area contributed by atoms with Crippen LogP contribution in [0.1, 0.15) is 44.1 Å². The molecule has 0 unspecified atom stereocenters. The van der Waals surface area contributed by atoms with Crippen molar-refractivity contribution in [3.63, 3.8) is 0 Å². The zero-order valence-corrected chi connectivity index (χ0v) is 11.4. The van der Waals surface area contributed by atoms with E-state index in [1.54, 1.807) is 12.1 Å². The number of rotatable bonds is 4. The molecule has 1 aliphatic rings. The van der Waals surface area contributed by atoms with Crippen molar-refractivity contribution in [2.75, 3.05) is 0 Å². The van der Waals surface area contributed by atoms with E-state index in [4.69, 9.17) is 0 Å². The molecule has 1 fully saturated rings. The zero-order valence-electron chi connectivity index (χ0n) is 11.4. The Morgan fingerprint density at radius 1 is 1.15 bits per heavy atom. The van der Waals surface area contributed by atoms with Crippen molar-refractivity contribution in [3.8, 4) is 0 Å². The fourth-order valence-electron chi connectivity index (χ4n) is 2.69. The average Bonchev–Trinajstić information content (AvgIpc) is 2.39. The Morgan fingerprint density at radius 2 is 1.70 bits per heavy atom. The molecule has 0 N–H and O–H groups in total. The minimum Gasteiger partial charge on any atom is -0.298 e. The van der Waals surface area contributed by atoms with Crippen LogP contribution in [0.5, 0.6) is 0 Å². The fourth-order valence-corrected chi connectivity index (χ4v) is 2.69. The van der Waals surface area contributed by atoms with Gasteiger partial charge in [0.05, 0.1) is 0 Å². The second-order valence-corrected chi connectivity index (χ2v) is 5.24. The molecular weight excluding hydrogens is 259 g/mol. The van der Waals surface area contributed by atoms with Crippen LogP contribution in [-0.2, 0) is 14.4 Å². The monoisotopic (exact) mass is 276 g/mol. The molecule has 0 aliphatic heterocycles. The first kappa shape index (κ1) is 14.6. The van der Waals surface area contributed by atoms with E-state index in [-0.39, 0.29) is 48.3 Å². The van der Waals surface area contributed by atoms with Gasteiger partial charge in [-0.05, 0) is 30.0 Å². The van der Waals surface area contributed by atoms with Gasteiger partial charge in [-0.1, -0.05) is 19.1 Å². The Kier molecular flexibility index (Phi) is 4.42. The Bertz CT molecular complexity index is 515. The lowest BCUT2D eigenvalue weighted by atomic mass is 9.75. The van der Waals surface area contributed by atoms with E-state index < -0.39 is 5.92 Å². The summed E-state index contributed by atoms with van der Waals surface area (Å²) in [4.78, 5) is 35.9. The first-order valence-corrected chi connectivity index (χ1v) is 6.86. The SMILES string of the molecule is CCCC(=O)C1C(=O)CC(c2ccc(F)cc2)CC1=O. The molecule has 0 atom stereocenters. The molecule has 20 heavy (non-hydrogen) atoms. The van der Waals surface area contributed by atoms with Crippen LogP contribution in [0.2, 0.25) is 0 Å². The number of Topliss-reactive ketones (excluding diaryl/α,β-unsaturated/α-hetero) is 3. The molecule has 1 saturated carbocycles. The largest absolute Gasteiger partial charge is 0.298 e. The van der Waals surface area contributed by atoms with E-state index in [1.165, 1.54) is 12.1 Å². The van der Waals surface area contributed by atoms with Gasteiger partial charge in [-0.25, -0.2) is 4.39 Å². The van der Waals surface area contributed by atoms with Crippen molar-refractivity contribution in [2.45, 2.75) is 38.5 Å². The second-order valence-electron chi connectivity index (χ2n) is 5.24. The summed E-state index contributed by atoms with van der Waals surface area (Å²) in [6.45, 7) is 1.84. The summed E-state index contributed by atoms with van der Waals surface area (Å²) in [7, 11) is 0. The quantitative estimate of drug-likeness (QED) is 0.795. The molecule has 106 valence electrons. The summed E-state index contributed by atoms with van der Waals surface area (Å²) in [6, 6.07) is 5.82. The lowest BCUT2D eigenvalue weighted by Crippen LogP contribution is -2.37. The molecule has 4 heteroatoms. The van der Waals surface area contributed by atoms with Crippen LogP contribution in [-0.4, -0.2) is 17.3 Å². The lowest BCUT2D eigenvalue weighted by Gasteiger charge is -2.25. The van der Waals surface area contributed by atoms with Crippen LogP contribution in [0.3, 0.4) is 0 Å². The molecule has 0 heterocycles. The van der Waals surface area contributed by atoms with Gasteiger partial charge >= 0.3 is 0 Å². The number of benzene rings is 1. The highest BCUT2D eigenvalue weighted by Gasteiger charge is 2.39. The lowest BCUT2D eigenvalue weighted by molar-refractivity contribution is -0.142. The summed E-state index contributed by atoms with van der Waals surface area (Å²) < 4.78 is 12.9. The van der Waals surface area contributed by atoms with Gasteiger partial charge in [0.1, 0.15) is 11.7 Å². The van der Waals surface area contributed by atoms with Crippen LogP contribution in [0.15, 0.2) is 24.3 Å². The van der Waals surface area contributed by atoms with Gasteiger partial charge in [-0.2, -0.15) is 0 Å². The van der Waals surface area contributed by atoms with E-state index in [0.717, 1.165) is 5.56 Å². The summed E-state index contributed by atoms with van der Waals surface area (Å²) in [5.74, 6) is -2.51. The Labute approximate surface area is 117 Å². The molecule has 0 bridgehead atoms. The number of carbonyl (C=O) groups excluding carboxylic acids is 3. The third kappa shape index (κ3) is 3.00. The summed E-state index contributed by atoms with van der Waals surface area (Å²) >= 11 is 0. The maximum atomic E-state index is 12.9. The van der Waals surface area contributed by atoms with Crippen LogP contribution in [0.25, 0.3) is 0 Å². The van der Waals surface area contributed by atoms with Crippen molar-refractivity contribution in [1.29, 1.82) is 0 Å². The van der Waals surface area contributed by atoms with Crippen molar-refractivity contribution in [3.05, 3.63) is 35.6 Å². The first-order chi connectivity index (χ1) is 9.52. The highest BCUT2D eigenvalue weighted by atomic mass is 19.1. The highest BCUT2D eigenvalue weighted by Crippen LogP contribution is 2.32. The van der Waals surface area contributed by atoms with Crippen LogP contribution >= 0.6 is 0 Å². The standard InChI is InChI=1S/C16H17FO3/c1-2-3-13(18)16-14(19)8-11(9-15(16)20)10-4-6-12(17)7-5-10/h4-7,11,16H,2-3,8-9H2,1H3. The average molecular weight is 276 g/mol. The van der Waals surface area contributed by atoms with Crippen LogP contribution in [0, 0.1) is 11.7 Å². The molecule has 0 spiro atoms. The minimum absolute atomic E-state index is 0.178. The smallest absolute Gasteiger partial charge is 0.151 e. The molecule has 2 rings (SSSR count). The summed E-state index contributed by atoms with van der Waals surface area (Å²) in [6.07, 6.45) is 1.26. The maximum Gasteiger partial charge on any atom is 0.151 e.